The molecule has 1 aliphatic carbocycles. The normalized spacial score (nSPS) is 26.5. The molecule has 1 saturated carbocycles. The summed E-state index contributed by atoms with van der Waals surface area (Å²) in [4.78, 5) is 12.5. The van der Waals surface area contributed by atoms with E-state index in [-0.39, 0.29) is 11.3 Å². The third kappa shape index (κ3) is 2.86. The molecule has 1 amide bonds. The van der Waals surface area contributed by atoms with Crippen molar-refractivity contribution in [2.45, 2.75) is 38.0 Å². The van der Waals surface area contributed by atoms with Crippen molar-refractivity contribution in [1.29, 1.82) is 0 Å². The van der Waals surface area contributed by atoms with Gasteiger partial charge in [0.1, 0.15) is 11.6 Å². The molecule has 2 N–H and O–H groups in total. The van der Waals surface area contributed by atoms with E-state index in [2.05, 4.69) is 10.6 Å². The first kappa shape index (κ1) is 15.4. The Labute approximate surface area is 129 Å². The van der Waals surface area contributed by atoms with Crippen LogP contribution in [0.2, 0.25) is 0 Å². The van der Waals surface area contributed by atoms with Gasteiger partial charge in [0.05, 0.1) is 5.41 Å². The summed E-state index contributed by atoms with van der Waals surface area (Å²) in [6.45, 7) is 4.01. The largest absolute Gasteiger partial charge is 0.355 e. The Balaban J connectivity index is 1.67. The maximum atomic E-state index is 14.0. The Kier molecular flexibility index (Phi) is 3.93. The number of rotatable bonds is 4. The lowest BCUT2D eigenvalue weighted by atomic mass is 9.81. The number of halogens is 2. The van der Waals surface area contributed by atoms with Gasteiger partial charge in [0.2, 0.25) is 5.91 Å². The number of carbonyl (C=O) groups excluding carboxylic acids is 1. The van der Waals surface area contributed by atoms with Gasteiger partial charge in [0, 0.05) is 24.6 Å². The van der Waals surface area contributed by atoms with Crippen LogP contribution >= 0.6 is 0 Å². The SMILES string of the molecule is CC1(C(=O)NCC2(c3ccc(F)cc3F)CC2)CCCNC1. The molecule has 0 radical (unpaired) electrons. The van der Waals surface area contributed by atoms with E-state index < -0.39 is 17.0 Å². The molecule has 1 atom stereocenters. The molecule has 3 nitrogen and oxygen atoms in total. The van der Waals surface area contributed by atoms with E-state index in [0.717, 1.165) is 38.3 Å². The zero-order valence-corrected chi connectivity index (χ0v) is 12.8. The van der Waals surface area contributed by atoms with Gasteiger partial charge in [-0.3, -0.25) is 4.79 Å². The highest BCUT2D eigenvalue weighted by molar-refractivity contribution is 5.82. The van der Waals surface area contributed by atoms with E-state index in [1.807, 2.05) is 6.92 Å². The van der Waals surface area contributed by atoms with Crippen molar-refractivity contribution < 1.29 is 13.6 Å². The first-order valence-corrected chi connectivity index (χ1v) is 7.90. The molecule has 1 aromatic rings. The van der Waals surface area contributed by atoms with E-state index in [9.17, 15) is 13.6 Å². The van der Waals surface area contributed by atoms with Crippen molar-refractivity contribution in [3.8, 4) is 0 Å². The highest BCUT2D eigenvalue weighted by atomic mass is 19.1. The molecule has 5 heteroatoms. The van der Waals surface area contributed by atoms with Gasteiger partial charge >= 0.3 is 0 Å². The molecule has 1 saturated heterocycles. The third-order valence-electron chi connectivity index (χ3n) is 5.09. The van der Waals surface area contributed by atoms with Crippen LogP contribution in [0.15, 0.2) is 18.2 Å². The molecular weight excluding hydrogens is 286 g/mol. The van der Waals surface area contributed by atoms with Crippen LogP contribution in [0.1, 0.15) is 38.2 Å². The average Bonchev–Trinajstić information content (AvgIpc) is 3.26. The molecular formula is C17H22F2N2O. The average molecular weight is 308 g/mol. The van der Waals surface area contributed by atoms with Gasteiger partial charge in [-0.1, -0.05) is 6.07 Å². The van der Waals surface area contributed by atoms with Crippen LogP contribution in [0, 0.1) is 17.0 Å². The first-order chi connectivity index (χ1) is 10.5. The summed E-state index contributed by atoms with van der Waals surface area (Å²) in [7, 11) is 0. The molecule has 1 aliphatic heterocycles. The van der Waals surface area contributed by atoms with Gasteiger partial charge in [-0.2, -0.15) is 0 Å². The Morgan fingerprint density at radius 3 is 2.68 bits per heavy atom. The Morgan fingerprint density at radius 2 is 2.09 bits per heavy atom. The molecule has 1 unspecified atom stereocenters. The topological polar surface area (TPSA) is 41.1 Å². The number of hydrogen-bond donors (Lipinski definition) is 2. The second-order valence-corrected chi connectivity index (χ2v) is 6.93. The maximum absolute atomic E-state index is 14.0. The van der Waals surface area contributed by atoms with E-state index >= 15 is 0 Å². The summed E-state index contributed by atoms with van der Waals surface area (Å²) in [5, 5.41) is 6.25. The van der Waals surface area contributed by atoms with Crippen molar-refractivity contribution in [2.24, 2.45) is 5.41 Å². The van der Waals surface area contributed by atoms with Gasteiger partial charge in [0.15, 0.2) is 0 Å². The molecule has 3 rings (SSSR count). The fourth-order valence-corrected chi connectivity index (χ4v) is 3.32. The molecule has 120 valence electrons. The van der Waals surface area contributed by atoms with E-state index in [1.165, 1.54) is 12.1 Å². The van der Waals surface area contributed by atoms with Crippen LogP contribution in [0.4, 0.5) is 8.78 Å². The summed E-state index contributed by atoms with van der Waals surface area (Å²) >= 11 is 0. The van der Waals surface area contributed by atoms with Crippen molar-refractivity contribution in [2.75, 3.05) is 19.6 Å². The van der Waals surface area contributed by atoms with E-state index in [4.69, 9.17) is 0 Å². The summed E-state index contributed by atoms with van der Waals surface area (Å²) in [6, 6.07) is 3.71. The predicted molar refractivity (Wildman–Crippen MR) is 80.5 cm³/mol. The Morgan fingerprint density at radius 1 is 1.32 bits per heavy atom. The van der Waals surface area contributed by atoms with Gasteiger partial charge in [0.25, 0.3) is 0 Å². The predicted octanol–water partition coefficient (Wildman–Crippen LogP) is 2.50. The summed E-state index contributed by atoms with van der Waals surface area (Å²) in [6.07, 6.45) is 3.50. The van der Waals surface area contributed by atoms with E-state index in [0.29, 0.717) is 18.7 Å². The van der Waals surface area contributed by atoms with Crippen molar-refractivity contribution in [3.63, 3.8) is 0 Å². The lowest BCUT2D eigenvalue weighted by Crippen LogP contribution is -2.50. The number of benzene rings is 1. The van der Waals surface area contributed by atoms with Crippen molar-refractivity contribution in [1.82, 2.24) is 10.6 Å². The molecule has 2 fully saturated rings. The van der Waals surface area contributed by atoms with Crippen molar-refractivity contribution in [3.05, 3.63) is 35.4 Å². The van der Waals surface area contributed by atoms with Crippen LogP contribution in [0.3, 0.4) is 0 Å². The summed E-state index contributed by atoms with van der Waals surface area (Å²) in [5.74, 6) is -1.06. The lowest BCUT2D eigenvalue weighted by Gasteiger charge is -2.33. The minimum atomic E-state index is -0.568. The monoisotopic (exact) mass is 308 g/mol. The Hall–Kier alpha value is -1.49. The van der Waals surface area contributed by atoms with Crippen LogP contribution in [0.25, 0.3) is 0 Å². The maximum Gasteiger partial charge on any atom is 0.227 e. The smallest absolute Gasteiger partial charge is 0.227 e. The van der Waals surface area contributed by atoms with Crippen LogP contribution in [-0.4, -0.2) is 25.5 Å². The highest BCUT2D eigenvalue weighted by Crippen LogP contribution is 2.48. The number of hydrogen-bond acceptors (Lipinski definition) is 2. The van der Waals surface area contributed by atoms with Crippen LogP contribution in [0.5, 0.6) is 0 Å². The number of piperidine rings is 1. The molecule has 1 aromatic carbocycles. The molecule has 0 bridgehead atoms. The van der Waals surface area contributed by atoms with Gasteiger partial charge in [-0.15, -0.1) is 0 Å². The molecule has 22 heavy (non-hydrogen) atoms. The third-order valence-corrected chi connectivity index (χ3v) is 5.09. The molecule has 0 spiro atoms. The van der Waals surface area contributed by atoms with E-state index in [1.54, 1.807) is 0 Å². The molecule has 1 heterocycles. The fourth-order valence-electron chi connectivity index (χ4n) is 3.32. The van der Waals surface area contributed by atoms with Gasteiger partial charge < -0.3 is 10.6 Å². The van der Waals surface area contributed by atoms with Crippen LogP contribution < -0.4 is 10.6 Å². The van der Waals surface area contributed by atoms with Gasteiger partial charge in [-0.25, -0.2) is 8.78 Å². The second kappa shape index (κ2) is 5.61. The van der Waals surface area contributed by atoms with Crippen LogP contribution in [-0.2, 0) is 10.2 Å². The minimum absolute atomic E-state index is 0.0218. The summed E-state index contributed by atoms with van der Waals surface area (Å²) in [5.41, 5.74) is -0.234. The zero-order chi connectivity index (χ0) is 15.8. The first-order valence-electron chi connectivity index (χ1n) is 7.90. The van der Waals surface area contributed by atoms with Crippen molar-refractivity contribution >= 4 is 5.91 Å². The quantitative estimate of drug-likeness (QED) is 0.897. The molecule has 0 aromatic heterocycles. The second-order valence-electron chi connectivity index (χ2n) is 6.93. The van der Waals surface area contributed by atoms with Gasteiger partial charge in [-0.05, 0) is 50.8 Å². The molecule has 2 aliphatic rings. The minimum Gasteiger partial charge on any atom is -0.355 e. The zero-order valence-electron chi connectivity index (χ0n) is 12.8. The summed E-state index contributed by atoms with van der Waals surface area (Å²) < 4.78 is 27.0. The standard InChI is InChI=1S/C17H22F2N2O/c1-16(5-2-8-20-10-16)15(22)21-11-17(6-7-17)13-4-3-12(18)9-14(13)19/h3-4,9,20H,2,5-8,10-11H2,1H3,(H,21,22). The number of amides is 1. The highest BCUT2D eigenvalue weighted by Gasteiger charge is 2.47. The fraction of sp³-hybridized carbons (Fsp3) is 0.588. The Bertz CT molecular complexity index is 578. The number of nitrogens with one attached hydrogen (secondary N) is 2. The lowest BCUT2D eigenvalue weighted by molar-refractivity contribution is -0.131. The number of carbonyl (C=O) groups is 1.